The standard InChI is InChI=1S/C16H17NO3S2/c1-10-5-6-11(2)12(8-10)9-13-15(20)17(16(21)22-13)7-3-4-14(18)19/h5-6,8-9H,3-4,7H2,1-2H3,(H,18,19)/b13-9-. The molecule has 116 valence electrons. The van der Waals surface area contributed by atoms with E-state index >= 15 is 0 Å². The zero-order valence-corrected chi connectivity index (χ0v) is 14.1. The van der Waals surface area contributed by atoms with E-state index in [1.54, 1.807) is 0 Å². The van der Waals surface area contributed by atoms with E-state index in [2.05, 4.69) is 0 Å². The van der Waals surface area contributed by atoms with Crippen molar-refractivity contribution in [3.8, 4) is 0 Å². The van der Waals surface area contributed by atoms with E-state index in [1.165, 1.54) is 16.7 Å². The predicted octanol–water partition coefficient (Wildman–Crippen LogP) is 3.37. The number of carboxylic acids is 1. The van der Waals surface area contributed by atoms with Gasteiger partial charge in [-0.2, -0.15) is 0 Å². The van der Waals surface area contributed by atoms with Crippen LogP contribution in [0.15, 0.2) is 23.1 Å². The molecule has 0 spiro atoms. The van der Waals surface area contributed by atoms with Crippen LogP contribution in [0.4, 0.5) is 0 Å². The minimum absolute atomic E-state index is 0.0348. The van der Waals surface area contributed by atoms with Crippen molar-refractivity contribution in [3.05, 3.63) is 39.8 Å². The lowest BCUT2D eigenvalue weighted by Gasteiger charge is -2.13. The molecule has 1 aromatic carbocycles. The summed E-state index contributed by atoms with van der Waals surface area (Å²) in [5, 5.41) is 8.67. The Morgan fingerprint density at radius 1 is 1.41 bits per heavy atom. The van der Waals surface area contributed by atoms with Gasteiger partial charge in [-0.15, -0.1) is 0 Å². The first-order valence-electron chi connectivity index (χ1n) is 6.93. The van der Waals surface area contributed by atoms with Crippen molar-refractivity contribution in [2.45, 2.75) is 26.7 Å². The van der Waals surface area contributed by atoms with Crippen LogP contribution in [0.1, 0.15) is 29.5 Å². The number of carbonyl (C=O) groups excluding carboxylic acids is 1. The Kier molecular flexibility index (Phi) is 5.37. The average molecular weight is 335 g/mol. The summed E-state index contributed by atoms with van der Waals surface area (Å²) >= 11 is 6.50. The van der Waals surface area contributed by atoms with Crippen LogP contribution in [0, 0.1) is 13.8 Å². The van der Waals surface area contributed by atoms with E-state index in [0.717, 1.165) is 16.7 Å². The van der Waals surface area contributed by atoms with Gasteiger partial charge in [0.25, 0.3) is 5.91 Å². The van der Waals surface area contributed by atoms with Crippen LogP contribution in [-0.2, 0) is 9.59 Å². The molecule has 0 aromatic heterocycles. The minimum Gasteiger partial charge on any atom is -0.481 e. The summed E-state index contributed by atoms with van der Waals surface area (Å²) in [7, 11) is 0. The Bertz CT molecular complexity index is 667. The largest absolute Gasteiger partial charge is 0.481 e. The van der Waals surface area contributed by atoms with Gasteiger partial charge in [0.05, 0.1) is 4.91 Å². The van der Waals surface area contributed by atoms with Crippen LogP contribution in [0.3, 0.4) is 0 Å². The van der Waals surface area contributed by atoms with Gasteiger partial charge in [-0.25, -0.2) is 0 Å². The highest BCUT2D eigenvalue weighted by Gasteiger charge is 2.31. The number of thiocarbonyl (C=S) groups is 1. The van der Waals surface area contributed by atoms with Crippen LogP contribution in [0.5, 0.6) is 0 Å². The van der Waals surface area contributed by atoms with E-state index in [1.807, 2.05) is 38.1 Å². The third kappa shape index (κ3) is 3.96. The quantitative estimate of drug-likeness (QED) is 0.660. The van der Waals surface area contributed by atoms with Crippen LogP contribution in [0.25, 0.3) is 6.08 Å². The second-order valence-corrected chi connectivity index (χ2v) is 6.87. The van der Waals surface area contributed by atoms with Crippen molar-refractivity contribution in [2.75, 3.05) is 6.54 Å². The maximum absolute atomic E-state index is 12.4. The molecule has 0 radical (unpaired) electrons. The Morgan fingerprint density at radius 2 is 2.14 bits per heavy atom. The topological polar surface area (TPSA) is 57.6 Å². The van der Waals surface area contributed by atoms with Crippen molar-refractivity contribution < 1.29 is 14.7 Å². The van der Waals surface area contributed by atoms with Crippen molar-refractivity contribution in [1.29, 1.82) is 0 Å². The van der Waals surface area contributed by atoms with Gasteiger partial charge in [0.15, 0.2) is 0 Å². The van der Waals surface area contributed by atoms with E-state index < -0.39 is 5.97 Å². The van der Waals surface area contributed by atoms with Crippen LogP contribution in [0.2, 0.25) is 0 Å². The highest BCUT2D eigenvalue weighted by Crippen LogP contribution is 2.33. The third-order valence-electron chi connectivity index (χ3n) is 3.37. The van der Waals surface area contributed by atoms with Crippen LogP contribution < -0.4 is 0 Å². The summed E-state index contributed by atoms with van der Waals surface area (Å²) in [6.45, 7) is 4.36. The van der Waals surface area contributed by atoms with E-state index in [4.69, 9.17) is 17.3 Å². The first kappa shape index (κ1) is 16.7. The maximum Gasteiger partial charge on any atom is 0.303 e. The molecule has 1 saturated heterocycles. The number of carboxylic acid groups (broad SMARTS) is 1. The van der Waals surface area contributed by atoms with Crippen molar-refractivity contribution in [3.63, 3.8) is 0 Å². The Labute approximate surface area is 139 Å². The molecule has 1 heterocycles. The molecule has 0 aliphatic carbocycles. The number of hydrogen-bond donors (Lipinski definition) is 1. The molecule has 1 amide bonds. The van der Waals surface area contributed by atoms with Crippen molar-refractivity contribution >= 4 is 46.3 Å². The van der Waals surface area contributed by atoms with E-state index in [9.17, 15) is 9.59 Å². The van der Waals surface area contributed by atoms with Crippen molar-refractivity contribution in [2.24, 2.45) is 0 Å². The summed E-state index contributed by atoms with van der Waals surface area (Å²) in [6.07, 6.45) is 2.30. The van der Waals surface area contributed by atoms with Gasteiger partial charge in [0.1, 0.15) is 4.32 Å². The molecule has 0 unspecified atom stereocenters. The number of hydrogen-bond acceptors (Lipinski definition) is 4. The SMILES string of the molecule is Cc1ccc(C)c(/C=C2\SC(=S)N(CCCC(=O)O)C2=O)c1. The number of benzene rings is 1. The summed E-state index contributed by atoms with van der Waals surface area (Å²) in [4.78, 5) is 25.0. The van der Waals surface area contributed by atoms with Gasteiger partial charge in [-0.3, -0.25) is 14.5 Å². The van der Waals surface area contributed by atoms with Gasteiger partial charge in [0, 0.05) is 13.0 Å². The first-order chi connectivity index (χ1) is 10.4. The predicted molar refractivity (Wildman–Crippen MR) is 92.7 cm³/mol. The molecule has 1 aliphatic rings. The number of carbonyl (C=O) groups is 2. The lowest BCUT2D eigenvalue weighted by atomic mass is 10.1. The second-order valence-electron chi connectivity index (χ2n) is 5.19. The molecule has 6 heteroatoms. The fourth-order valence-electron chi connectivity index (χ4n) is 2.14. The van der Waals surface area contributed by atoms with E-state index in [-0.39, 0.29) is 12.3 Å². The zero-order valence-electron chi connectivity index (χ0n) is 12.5. The van der Waals surface area contributed by atoms with Crippen LogP contribution >= 0.6 is 24.0 Å². The molecular formula is C16H17NO3S2. The Morgan fingerprint density at radius 3 is 2.82 bits per heavy atom. The normalized spacial score (nSPS) is 16.6. The third-order valence-corrected chi connectivity index (χ3v) is 4.75. The Hall–Kier alpha value is -1.66. The molecule has 2 rings (SSSR count). The number of aryl methyl sites for hydroxylation is 2. The summed E-state index contributed by atoms with van der Waals surface area (Å²) in [6, 6.07) is 6.09. The fourth-order valence-corrected chi connectivity index (χ4v) is 3.44. The molecule has 1 aliphatic heterocycles. The molecule has 0 atom stereocenters. The fraction of sp³-hybridized carbons (Fsp3) is 0.312. The van der Waals surface area contributed by atoms with Crippen LogP contribution in [-0.4, -0.2) is 32.7 Å². The smallest absolute Gasteiger partial charge is 0.303 e. The van der Waals surface area contributed by atoms with E-state index in [0.29, 0.717) is 22.2 Å². The molecule has 22 heavy (non-hydrogen) atoms. The Balaban J connectivity index is 2.15. The van der Waals surface area contributed by atoms with Gasteiger partial charge in [0.2, 0.25) is 0 Å². The van der Waals surface area contributed by atoms with Gasteiger partial charge in [-0.05, 0) is 37.5 Å². The molecule has 1 fully saturated rings. The second kappa shape index (κ2) is 7.07. The summed E-state index contributed by atoms with van der Waals surface area (Å²) in [5.74, 6) is -1.00. The minimum atomic E-state index is -0.864. The number of nitrogens with zero attached hydrogens (tertiary/aromatic N) is 1. The average Bonchev–Trinajstić information content (AvgIpc) is 2.70. The number of thioether (sulfide) groups is 1. The molecular weight excluding hydrogens is 318 g/mol. The first-order valence-corrected chi connectivity index (χ1v) is 8.15. The number of rotatable bonds is 5. The summed E-state index contributed by atoms with van der Waals surface area (Å²) in [5.41, 5.74) is 3.24. The molecule has 1 N–H and O–H groups in total. The highest BCUT2D eigenvalue weighted by atomic mass is 32.2. The molecule has 0 saturated carbocycles. The zero-order chi connectivity index (χ0) is 16.3. The van der Waals surface area contributed by atoms with Gasteiger partial charge in [-0.1, -0.05) is 47.7 Å². The summed E-state index contributed by atoms with van der Waals surface area (Å²) < 4.78 is 0.493. The number of aliphatic carboxylic acids is 1. The van der Waals surface area contributed by atoms with Gasteiger partial charge >= 0.3 is 5.97 Å². The molecule has 1 aromatic rings. The monoisotopic (exact) mass is 335 g/mol. The maximum atomic E-state index is 12.4. The number of amides is 1. The lowest BCUT2D eigenvalue weighted by Crippen LogP contribution is -2.29. The van der Waals surface area contributed by atoms with Crippen molar-refractivity contribution in [1.82, 2.24) is 4.90 Å². The van der Waals surface area contributed by atoms with Gasteiger partial charge < -0.3 is 5.11 Å². The highest BCUT2D eigenvalue weighted by molar-refractivity contribution is 8.26. The molecule has 4 nitrogen and oxygen atoms in total. The molecule has 0 bridgehead atoms. The lowest BCUT2D eigenvalue weighted by molar-refractivity contribution is -0.137.